The number of anilines is 1. The molecule has 0 bridgehead atoms. The predicted molar refractivity (Wildman–Crippen MR) is 77.2 cm³/mol. The van der Waals surface area contributed by atoms with Crippen LogP contribution in [0.4, 0.5) is 10.1 Å². The van der Waals surface area contributed by atoms with E-state index in [0.717, 1.165) is 23.6 Å². The summed E-state index contributed by atoms with van der Waals surface area (Å²) in [6.07, 6.45) is 2.13. The molecule has 19 heavy (non-hydrogen) atoms. The summed E-state index contributed by atoms with van der Waals surface area (Å²) in [5.74, 6) is 0.356. The second-order valence-electron chi connectivity index (χ2n) is 5.04. The molecule has 1 N–H and O–H groups in total. The van der Waals surface area contributed by atoms with Gasteiger partial charge in [0.05, 0.1) is 10.7 Å². The van der Waals surface area contributed by atoms with Gasteiger partial charge in [-0.2, -0.15) is 0 Å². The van der Waals surface area contributed by atoms with Crippen LogP contribution in [0, 0.1) is 5.82 Å². The van der Waals surface area contributed by atoms with Crippen molar-refractivity contribution in [2.24, 2.45) is 0 Å². The van der Waals surface area contributed by atoms with Gasteiger partial charge in [-0.3, -0.25) is 0 Å². The molecular weight excluding hydrogens is 261 g/mol. The number of benzene rings is 2. The van der Waals surface area contributed by atoms with Crippen molar-refractivity contribution < 1.29 is 4.39 Å². The van der Waals surface area contributed by atoms with Gasteiger partial charge in [0.2, 0.25) is 0 Å². The fourth-order valence-electron chi connectivity index (χ4n) is 2.54. The van der Waals surface area contributed by atoms with Crippen molar-refractivity contribution in [3.63, 3.8) is 0 Å². The van der Waals surface area contributed by atoms with Gasteiger partial charge in [-0.15, -0.1) is 0 Å². The minimum Gasteiger partial charge on any atom is -0.381 e. The summed E-state index contributed by atoms with van der Waals surface area (Å²) in [4.78, 5) is 0. The molecule has 0 spiro atoms. The van der Waals surface area contributed by atoms with E-state index in [1.165, 1.54) is 17.7 Å². The van der Waals surface area contributed by atoms with Gasteiger partial charge < -0.3 is 5.32 Å². The molecule has 1 nitrogen and oxygen atoms in total. The van der Waals surface area contributed by atoms with Crippen LogP contribution in [0.15, 0.2) is 48.5 Å². The van der Waals surface area contributed by atoms with E-state index in [2.05, 4.69) is 5.32 Å². The summed E-state index contributed by atoms with van der Waals surface area (Å²) in [5.41, 5.74) is 2.21. The maximum atomic E-state index is 12.9. The second-order valence-corrected chi connectivity index (χ2v) is 5.45. The number of hydrogen-bond acceptors (Lipinski definition) is 1. The van der Waals surface area contributed by atoms with Crippen molar-refractivity contribution in [3.05, 3.63) is 64.9 Å². The van der Waals surface area contributed by atoms with E-state index in [-0.39, 0.29) is 5.82 Å². The van der Waals surface area contributed by atoms with Crippen LogP contribution in [0.1, 0.15) is 24.3 Å². The fourth-order valence-corrected chi connectivity index (χ4v) is 2.73. The van der Waals surface area contributed by atoms with E-state index in [9.17, 15) is 4.39 Å². The zero-order chi connectivity index (χ0) is 13.2. The van der Waals surface area contributed by atoms with Crippen LogP contribution in [-0.4, -0.2) is 6.04 Å². The van der Waals surface area contributed by atoms with E-state index in [0.29, 0.717) is 12.0 Å². The monoisotopic (exact) mass is 275 g/mol. The molecule has 0 unspecified atom stereocenters. The standard InChI is InChI=1S/C16H15ClFN/c17-15-3-1-2-4-16(15)19-14-9-12(10-14)11-5-7-13(18)8-6-11/h1-8,12,14,19H,9-10H2. The average Bonchev–Trinajstić information content (AvgIpc) is 2.37. The SMILES string of the molecule is Fc1ccc(C2CC(Nc3ccccc3Cl)C2)cc1. The summed E-state index contributed by atoms with van der Waals surface area (Å²) >= 11 is 6.12. The molecule has 0 heterocycles. The molecule has 3 heteroatoms. The van der Waals surface area contributed by atoms with Gasteiger partial charge in [-0.05, 0) is 48.6 Å². The van der Waals surface area contributed by atoms with Gasteiger partial charge in [0, 0.05) is 6.04 Å². The number of para-hydroxylation sites is 1. The van der Waals surface area contributed by atoms with Crippen LogP contribution in [-0.2, 0) is 0 Å². The zero-order valence-corrected chi connectivity index (χ0v) is 11.2. The molecule has 0 saturated heterocycles. The molecule has 1 aliphatic carbocycles. The van der Waals surface area contributed by atoms with Crippen LogP contribution in [0.25, 0.3) is 0 Å². The quantitative estimate of drug-likeness (QED) is 0.845. The second kappa shape index (κ2) is 5.22. The fraction of sp³-hybridized carbons (Fsp3) is 0.250. The predicted octanol–water partition coefficient (Wildman–Crippen LogP) is 4.84. The highest BCUT2D eigenvalue weighted by Crippen LogP contribution is 2.39. The van der Waals surface area contributed by atoms with Crippen molar-refractivity contribution in [1.29, 1.82) is 0 Å². The molecule has 98 valence electrons. The Labute approximate surface area is 117 Å². The maximum absolute atomic E-state index is 12.9. The van der Waals surface area contributed by atoms with Crippen molar-refractivity contribution in [2.45, 2.75) is 24.8 Å². The van der Waals surface area contributed by atoms with Gasteiger partial charge in [-0.25, -0.2) is 4.39 Å². The van der Waals surface area contributed by atoms with E-state index in [1.807, 2.05) is 36.4 Å². The minimum absolute atomic E-state index is 0.172. The lowest BCUT2D eigenvalue weighted by Gasteiger charge is -2.37. The first-order valence-corrected chi connectivity index (χ1v) is 6.86. The summed E-state index contributed by atoms with van der Waals surface area (Å²) in [7, 11) is 0. The normalized spacial score (nSPS) is 21.8. The van der Waals surface area contributed by atoms with Gasteiger partial charge in [-0.1, -0.05) is 35.9 Å². The van der Waals surface area contributed by atoms with Crippen molar-refractivity contribution in [3.8, 4) is 0 Å². The molecule has 0 aliphatic heterocycles. The molecular formula is C16H15ClFN. The van der Waals surface area contributed by atoms with E-state index >= 15 is 0 Å². The highest BCUT2D eigenvalue weighted by atomic mass is 35.5. The van der Waals surface area contributed by atoms with Crippen LogP contribution >= 0.6 is 11.6 Å². The lowest BCUT2D eigenvalue weighted by Crippen LogP contribution is -2.34. The van der Waals surface area contributed by atoms with Crippen LogP contribution in [0.2, 0.25) is 5.02 Å². The Morgan fingerprint density at radius 1 is 1.00 bits per heavy atom. The number of halogens is 2. The summed E-state index contributed by atoms with van der Waals surface area (Å²) < 4.78 is 12.9. The molecule has 3 rings (SSSR count). The summed E-state index contributed by atoms with van der Waals surface area (Å²) in [5, 5.41) is 4.21. The highest BCUT2D eigenvalue weighted by molar-refractivity contribution is 6.33. The minimum atomic E-state index is -0.172. The Bertz CT molecular complexity index is 561. The first-order chi connectivity index (χ1) is 9.22. The van der Waals surface area contributed by atoms with Gasteiger partial charge in [0.15, 0.2) is 0 Å². The molecule has 1 saturated carbocycles. The Balaban J connectivity index is 1.58. The molecule has 1 aliphatic rings. The van der Waals surface area contributed by atoms with E-state index in [1.54, 1.807) is 0 Å². The van der Waals surface area contributed by atoms with Crippen molar-refractivity contribution in [1.82, 2.24) is 0 Å². The lowest BCUT2D eigenvalue weighted by molar-refractivity contribution is 0.374. The molecule has 1 fully saturated rings. The molecule has 2 aromatic carbocycles. The first kappa shape index (κ1) is 12.5. The van der Waals surface area contributed by atoms with Crippen LogP contribution in [0.5, 0.6) is 0 Å². The van der Waals surface area contributed by atoms with Crippen molar-refractivity contribution >= 4 is 17.3 Å². The molecule has 0 radical (unpaired) electrons. The molecule has 0 aromatic heterocycles. The Kier molecular flexibility index (Phi) is 3.43. The van der Waals surface area contributed by atoms with Gasteiger partial charge in [0.25, 0.3) is 0 Å². The largest absolute Gasteiger partial charge is 0.381 e. The van der Waals surface area contributed by atoms with Crippen LogP contribution < -0.4 is 5.32 Å². The highest BCUT2D eigenvalue weighted by Gasteiger charge is 2.30. The smallest absolute Gasteiger partial charge is 0.123 e. The zero-order valence-electron chi connectivity index (χ0n) is 10.4. The number of rotatable bonds is 3. The van der Waals surface area contributed by atoms with Gasteiger partial charge >= 0.3 is 0 Å². The Morgan fingerprint density at radius 2 is 1.68 bits per heavy atom. The third-order valence-corrected chi connectivity index (χ3v) is 4.04. The summed E-state index contributed by atoms with van der Waals surface area (Å²) in [6.45, 7) is 0. The van der Waals surface area contributed by atoms with E-state index in [4.69, 9.17) is 11.6 Å². The van der Waals surface area contributed by atoms with E-state index < -0.39 is 0 Å². The Hall–Kier alpha value is -1.54. The maximum Gasteiger partial charge on any atom is 0.123 e. The molecule has 0 amide bonds. The number of nitrogens with one attached hydrogen (secondary N) is 1. The molecule has 2 aromatic rings. The third kappa shape index (κ3) is 2.74. The molecule has 0 atom stereocenters. The lowest BCUT2D eigenvalue weighted by atomic mass is 9.76. The Morgan fingerprint density at radius 3 is 2.37 bits per heavy atom. The third-order valence-electron chi connectivity index (χ3n) is 3.71. The number of hydrogen-bond donors (Lipinski definition) is 1. The average molecular weight is 276 g/mol. The van der Waals surface area contributed by atoms with Crippen molar-refractivity contribution in [2.75, 3.05) is 5.32 Å². The van der Waals surface area contributed by atoms with Crippen LogP contribution in [0.3, 0.4) is 0 Å². The summed E-state index contributed by atoms with van der Waals surface area (Å²) in [6, 6.07) is 15.1. The first-order valence-electron chi connectivity index (χ1n) is 6.49. The van der Waals surface area contributed by atoms with Gasteiger partial charge in [0.1, 0.15) is 5.82 Å². The topological polar surface area (TPSA) is 12.0 Å².